The highest BCUT2D eigenvalue weighted by molar-refractivity contribution is 7.45. The molecule has 0 saturated carbocycles. The molecule has 2 aromatic carbocycles. The van der Waals surface area contributed by atoms with Crippen LogP contribution < -0.4 is 30.3 Å². The maximum Gasteiger partial charge on any atom is 0.466 e. The summed E-state index contributed by atoms with van der Waals surface area (Å²) in [5.74, 6) is 1.26. The second-order valence-corrected chi connectivity index (χ2v) is 10.9. The van der Waals surface area contributed by atoms with Gasteiger partial charge in [-0.3, -0.25) is 0 Å². The van der Waals surface area contributed by atoms with Crippen molar-refractivity contribution in [3.63, 3.8) is 0 Å². The fourth-order valence-electron chi connectivity index (χ4n) is 4.11. The molecule has 43 heavy (non-hydrogen) atoms. The molecule has 0 spiro atoms. The van der Waals surface area contributed by atoms with Gasteiger partial charge in [0.15, 0.2) is 0 Å². The molecular weight excluding hydrogens is 624 g/mol. The number of amides is 2. The number of carbonyl (C=O) groups excluding carboxylic acids is 1. The Morgan fingerprint density at radius 3 is 2.09 bits per heavy atom. The van der Waals surface area contributed by atoms with E-state index >= 15 is 0 Å². The van der Waals surface area contributed by atoms with E-state index in [0.717, 1.165) is 38.4 Å². The molecule has 1 aromatic heterocycles. The number of benzene rings is 2. The van der Waals surface area contributed by atoms with E-state index in [1.54, 1.807) is 12.1 Å². The number of hydrogen-bond donors (Lipinski definition) is 6. The Balaban J connectivity index is 0.000000934. The van der Waals surface area contributed by atoms with E-state index in [1.807, 2.05) is 12.1 Å². The molecule has 17 heteroatoms. The maximum atomic E-state index is 12.6. The van der Waals surface area contributed by atoms with Gasteiger partial charge in [0.25, 0.3) is 0 Å². The topological polar surface area (TPSA) is 182 Å². The Labute approximate surface area is 259 Å². The summed E-state index contributed by atoms with van der Waals surface area (Å²) >= 11 is 12.7. The van der Waals surface area contributed by atoms with E-state index in [4.69, 9.17) is 51.9 Å². The van der Waals surface area contributed by atoms with Gasteiger partial charge in [-0.05, 0) is 30.8 Å². The van der Waals surface area contributed by atoms with Crippen molar-refractivity contribution in [1.29, 1.82) is 0 Å². The summed E-state index contributed by atoms with van der Waals surface area (Å²) in [5.41, 5.74) is 2.91. The van der Waals surface area contributed by atoms with E-state index in [0.29, 0.717) is 23.0 Å². The van der Waals surface area contributed by atoms with E-state index in [9.17, 15) is 4.79 Å². The highest BCUT2D eigenvalue weighted by atomic mass is 35.5. The number of rotatable bonds is 9. The number of phosphoric acid groups is 1. The van der Waals surface area contributed by atoms with Gasteiger partial charge in [-0.25, -0.2) is 19.3 Å². The minimum atomic E-state index is -4.64. The number of carbonyl (C=O) groups is 1. The number of nitrogens with one attached hydrogen (secondary N) is 3. The van der Waals surface area contributed by atoms with E-state index in [1.165, 1.54) is 26.2 Å². The van der Waals surface area contributed by atoms with Crippen LogP contribution in [0.3, 0.4) is 0 Å². The number of methoxy groups -OCH3 is 2. The van der Waals surface area contributed by atoms with Crippen molar-refractivity contribution in [1.82, 2.24) is 20.2 Å². The predicted octanol–water partition coefficient (Wildman–Crippen LogP) is 4.08. The Bertz CT molecular complexity index is 1390. The zero-order valence-electron chi connectivity index (χ0n) is 23.8. The molecule has 3 aromatic rings. The molecule has 1 aliphatic heterocycles. The first-order valence-corrected chi connectivity index (χ1v) is 15.3. The molecule has 4 rings (SSSR count). The Morgan fingerprint density at radius 2 is 1.56 bits per heavy atom. The number of hydrogen-bond acceptors (Lipinski definition) is 9. The van der Waals surface area contributed by atoms with Crippen LogP contribution in [0.5, 0.6) is 11.5 Å². The molecule has 1 fully saturated rings. The number of piperazine rings is 1. The van der Waals surface area contributed by atoms with Crippen LogP contribution in [0.1, 0.15) is 12.6 Å². The van der Waals surface area contributed by atoms with Crippen molar-refractivity contribution in [3.05, 3.63) is 58.5 Å². The molecule has 2 amide bonds. The quantitative estimate of drug-likeness (QED) is 0.182. The molecule has 0 atom stereocenters. The summed E-state index contributed by atoms with van der Waals surface area (Å²) in [6, 6.07) is 11.1. The minimum absolute atomic E-state index is 0.155. The molecule has 14 nitrogen and oxygen atoms in total. The number of urea groups is 1. The third kappa shape index (κ3) is 10.7. The average Bonchev–Trinajstić information content (AvgIpc) is 2.98. The van der Waals surface area contributed by atoms with Crippen LogP contribution in [0.25, 0.3) is 0 Å². The maximum absolute atomic E-state index is 12.6. The van der Waals surface area contributed by atoms with Crippen molar-refractivity contribution in [2.24, 2.45) is 0 Å². The summed E-state index contributed by atoms with van der Waals surface area (Å²) in [6.07, 6.45) is 1.44. The van der Waals surface area contributed by atoms with Gasteiger partial charge in [0.05, 0.1) is 32.1 Å². The second-order valence-electron chi connectivity index (χ2n) is 9.09. The molecular formula is C26H34Cl2N7O7P. The number of anilines is 4. The largest absolute Gasteiger partial charge is 0.495 e. The van der Waals surface area contributed by atoms with Crippen LogP contribution in [0.15, 0.2) is 42.7 Å². The van der Waals surface area contributed by atoms with Crippen LogP contribution in [0.4, 0.5) is 27.7 Å². The smallest absolute Gasteiger partial charge is 0.466 e. The highest BCUT2D eigenvalue weighted by Crippen LogP contribution is 2.44. The van der Waals surface area contributed by atoms with E-state index < -0.39 is 13.9 Å². The van der Waals surface area contributed by atoms with Crippen molar-refractivity contribution in [2.45, 2.75) is 13.5 Å². The van der Waals surface area contributed by atoms with Crippen molar-refractivity contribution >= 4 is 59.9 Å². The monoisotopic (exact) mass is 657 g/mol. The summed E-state index contributed by atoms with van der Waals surface area (Å²) in [5, 5.41) is 9.01. The molecule has 0 radical (unpaired) electrons. The van der Waals surface area contributed by atoms with Gasteiger partial charge in [0, 0.05) is 49.7 Å². The van der Waals surface area contributed by atoms with Crippen molar-refractivity contribution in [2.75, 3.05) is 62.5 Å². The lowest BCUT2D eigenvalue weighted by Crippen LogP contribution is -2.46. The average molecular weight is 658 g/mol. The van der Waals surface area contributed by atoms with Crippen LogP contribution in [0, 0.1) is 0 Å². The van der Waals surface area contributed by atoms with Gasteiger partial charge in [0.1, 0.15) is 33.7 Å². The zero-order valence-corrected chi connectivity index (χ0v) is 26.2. The standard InChI is InChI=1S/C26H31Cl2N7O3.H3O4P/c1-4-34-9-11-35(12-10-34)19-7-5-17(6-8-19)32-22-13-18(30-16-31-22)15-29-26(36)33-25-23(27)20(37-2)14-21(38-3)24(25)28;1-5(2,3)4/h5-8,13-14,16H,4,9-12,15H2,1-3H3,(H2,29,33,36)(H,30,31,32);(H3,1,2,3,4). The summed E-state index contributed by atoms with van der Waals surface area (Å²) in [4.78, 5) is 47.5. The predicted molar refractivity (Wildman–Crippen MR) is 166 cm³/mol. The van der Waals surface area contributed by atoms with Crippen LogP contribution >= 0.6 is 31.0 Å². The SMILES string of the molecule is CCN1CCN(c2ccc(Nc3cc(CNC(=O)Nc4c(Cl)c(OC)cc(OC)c4Cl)ncn3)cc2)CC1.O=P(O)(O)O. The van der Waals surface area contributed by atoms with Gasteiger partial charge in [-0.15, -0.1) is 0 Å². The molecule has 0 aliphatic carbocycles. The molecule has 234 valence electrons. The van der Waals surface area contributed by atoms with Crippen LogP contribution in [-0.4, -0.2) is 82.5 Å². The summed E-state index contributed by atoms with van der Waals surface area (Å²) in [6.45, 7) is 7.67. The number of likely N-dealkylation sites (N-methyl/N-ethyl adjacent to an activating group) is 1. The van der Waals surface area contributed by atoms with Gasteiger partial charge in [0.2, 0.25) is 0 Å². The first-order chi connectivity index (χ1) is 20.4. The van der Waals surface area contributed by atoms with Gasteiger partial charge in [-0.1, -0.05) is 30.1 Å². The highest BCUT2D eigenvalue weighted by Gasteiger charge is 2.19. The normalized spacial score (nSPS) is 13.4. The van der Waals surface area contributed by atoms with Gasteiger partial charge in [-0.2, -0.15) is 0 Å². The van der Waals surface area contributed by atoms with Crippen LogP contribution in [-0.2, 0) is 11.1 Å². The molecule has 0 unspecified atom stereocenters. The molecule has 0 bridgehead atoms. The fourth-order valence-corrected chi connectivity index (χ4v) is 4.71. The zero-order chi connectivity index (χ0) is 31.6. The van der Waals surface area contributed by atoms with Gasteiger partial charge >= 0.3 is 13.9 Å². The number of halogens is 2. The molecule has 6 N–H and O–H groups in total. The molecule has 1 aliphatic rings. The minimum Gasteiger partial charge on any atom is -0.495 e. The van der Waals surface area contributed by atoms with E-state index in [2.05, 4.69) is 54.8 Å². The first kappa shape index (κ1) is 34.1. The molecule has 2 heterocycles. The van der Waals surface area contributed by atoms with Crippen LogP contribution in [0.2, 0.25) is 10.0 Å². The van der Waals surface area contributed by atoms with Crippen molar-refractivity contribution < 1.29 is 33.5 Å². The first-order valence-electron chi connectivity index (χ1n) is 13.0. The lowest BCUT2D eigenvalue weighted by atomic mass is 10.2. The molecule has 1 saturated heterocycles. The Kier molecular flexibility index (Phi) is 12.6. The van der Waals surface area contributed by atoms with Crippen molar-refractivity contribution in [3.8, 4) is 11.5 Å². The number of aromatic nitrogens is 2. The lowest BCUT2D eigenvalue weighted by Gasteiger charge is -2.35. The van der Waals surface area contributed by atoms with E-state index in [-0.39, 0.29) is 22.3 Å². The fraction of sp³-hybridized carbons (Fsp3) is 0.346. The number of ether oxygens (including phenoxy) is 2. The third-order valence-corrected chi connectivity index (χ3v) is 7.04. The lowest BCUT2D eigenvalue weighted by molar-refractivity contribution is 0.251. The summed E-state index contributed by atoms with van der Waals surface area (Å²) in [7, 11) is -1.72. The number of nitrogens with zero attached hydrogens (tertiary/aromatic N) is 4. The second kappa shape index (κ2) is 15.9. The Morgan fingerprint density at radius 1 is 0.977 bits per heavy atom. The Hall–Kier alpha value is -3.36. The van der Waals surface area contributed by atoms with Gasteiger partial charge < -0.3 is 49.9 Å². The summed E-state index contributed by atoms with van der Waals surface area (Å²) < 4.78 is 19.3. The third-order valence-electron chi connectivity index (χ3n) is 6.29.